The highest BCUT2D eigenvalue weighted by Crippen LogP contribution is 2.22. The molecule has 2 heterocycles. The van der Waals surface area contributed by atoms with E-state index in [0.29, 0.717) is 13.0 Å². The van der Waals surface area contributed by atoms with Crippen molar-refractivity contribution in [2.24, 2.45) is 0 Å². The largest absolute Gasteiger partial charge is 0.444 e. The molecule has 1 amide bonds. The number of piperidine rings is 1. The summed E-state index contributed by atoms with van der Waals surface area (Å²) in [5.41, 5.74) is -0.611. The van der Waals surface area contributed by atoms with Gasteiger partial charge in [0.1, 0.15) is 5.60 Å². The molecule has 1 aliphatic rings. The minimum absolute atomic E-state index is 0.184. The Hall–Kier alpha value is -1.70. The second kappa shape index (κ2) is 6.82. The van der Waals surface area contributed by atoms with E-state index in [-0.39, 0.29) is 10.9 Å². The topological polar surface area (TPSA) is 89.5 Å². The third kappa shape index (κ3) is 4.89. The molecule has 0 N–H and O–H groups in total. The van der Waals surface area contributed by atoms with Gasteiger partial charge in [-0.05, 0) is 46.1 Å². The monoisotopic (exact) mass is 341 g/mol. The second-order valence-corrected chi connectivity index (χ2v) is 8.56. The van der Waals surface area contributed by atoms with Crippen molar-refractivity contribution in [2.75, 3.05) is 12.3 Å². The zero-order valence-corrected chi connectivity index (χ0v) is 14.5. The zero-order chi connectivity index (χ0) is 17.1. The summed E-state index contributed by atoms with van der Waals surface area (Å²) in [6, 6.07) is 1.15. The maximum absolute atomic E-state index is 12.4. The summed E-state index contributed by atoms with van der Waals surface area (Å²) >= 11 is 0. The van der Waals surface area contributed by atoms with Crippen LogP contribution in [0.25, 0.3) is 0 Å². The van der Waals surface area contributed by atoms with Crippen LogP contribution in [0.2, 0.25) is 0 Å². The lowest BCUT2D eigenvalue weighted by Gasteiger charge is -2.36. The van der Waals surface area contributed by atoms with Crippen molar-refractivity contribution >= 4 is 15.9 Å². The number of aromatic nitrogens is 2. The molecule has 2 rings (SSSR count). The Morgan fingerprint density at radius 1 is 1.30 bits per heavy atom. The highest BCUT2D eigenvalue weighted by Gasteiger charge is 2.34. The van der Waals surface area contributed by atoms with E-state index >= 15 is 0 Å². The van der Waals surface area contributed by atoms with Crippen molar-refractivity contribution in [3.8, 4) is 0 Å². The van der Waals surface area contributed by atoms with E-state index in [2.05, 4.69) is 9.97 Å². The van der Waals surface area contributed by atoms with Gasteiger partial charge in [0, 0.05) is 25.0 Å². The first kappa shape index (κ1) is 17.7. The van der Waals surface area contributed by atoms with Crippen LogP contribution in [0.5, 0.6) is 0 Å². The van der Waals surface area contributed by atoms with Gasteiger partial charge in [0.25, 0.3) is 0 Å². The Balaban J connectivity index is 2.14. The smallest absolute Gasteiger partial charge is 0.410 e. The van der Waals surface area contributed by atoms with Gasteiger partial charge in [0.15, 0.2) is 0 Å². The summed E-state index contributed by atoms with van der Waals surface area (Å²) in [4.78, 5) is 21.5. The van der Waals surface area contributed by atoms with E-state index in [0.717, 1.165) is 12.8 Å². The molecule has 0 radical (unpaired) electrons. The molecule has 128 valence electrons. The summed E-state index contributed by atoms with van der Waals surface area (Å²) in [7, 11) is -3.64. The van der Waals surface area contributed by atoms with Gasteiger partial charge in [-0.2, -0.15) is 0 Å². The molecule has 0 bridgehead atoms. The fourth-order valence-corrected chi connectivity index (χ4v) is 3.95. The summed E-state index contributed by atoms with van der Waals surface area (Å²) < 4.78 is 30.3. The summed E-state index contributed by atoms with van der Waals surface area (Å²) in [6.45, 7) is 5.87. The van der Waals surface area contributed by atoms with Crippen molar-refractivity contribution in [3.05, 3.63) is 18.5 Å². The maximum atomic E-state index is 12.4. The van der Waals surface area contributed by atoms with E-state index in [9.17, 15) is 13.2 Å². The van der Waals surface area contributed by atoms with Crippen molar-refractivity contribution in [1.82, 2.24) is 14.9 Å². The summed E-state index contributed by atoms with van der Waals surface area (Å²) in [6.07, 6.45) is 4.68. The number of carbonyl (C=O) groups excluding carboxylic acids is 1. The lowest BCUT2D eigenvalue weighted by atomic mass is 10.0. The van der Waals surface area contributed by atoms with Crippen LogP contribution in [-0.2, 0) is 14.6 Å². The van der Waals surface area contributed by atoms with Crippen LogP contribution in [0.3, 0.4) is 0 Å². The van der Waals surface area contributed by atoms with E-state index < -0.39 is 27.6 Å². The molecule has 0 aromatic carbocycles. The van der Waals surface area contributed by atoms with Gasteiger partial charge in [0.2, 0.25) is 15.0 Å². The van der Waals surface area contributed by atoms with Crippen LogP contribution >= 0.6 is 0 Å². The average molecular weight is 341 g/mol. The number of carbonyl (C=O) groups is 1. The molecule has 1 aromatic heterocycles. The van der Waals surface area contributed by atoms with Gasteiger partial charge < -0.3 is 9.64 Å². The van der Waals surface area contributed by atoms with Crippen LogP contribution < -0.4 is 0 Å². The molecule has 0 aliphatic carbocycles. The first-order valence-electron chi connectivity index (χ1n) is 7.68. The zero-order valence-electron chi connectivity index (χ0n) is 13.7. The number of sulfone groups is 1. The van der Waals surface area contributed by atoms with Crippen molar-refractivity contribution < 1.29 is 17.9 Å². The van der Waals surface area contributed by atoms with Crippen molar-refractivity contribution in [2.45, 2.75) is 56.8 Å². The molecule has 23 heavy (non-hydrogen) atoms. The van der Waals surface area contributed by atoms with Crippen molar-refractivity contribution in [3.63, 3.8) is 0 Å². The molecule has 7 nitrogen and oxygen atoms in total. The van der Waals surface area contributed by atoms with E-state index in [1.807, 2.05) is 0 Å². The number of hydrogen-bond donors (Lipinski definition) is 0. The Morgan fingerprint density at radius 3 is 2.57 bits per heavy atom. The number of hydrogen-bond acceptors (Lipinski definition) is 6. The van der Waals surface area contributed by atoms with Gasteiger partial charge in [-0.25, -0.2) is 23.2 Å². The molecule has 1 aliphatic heterocycles. The minimum atomic E-state index is -3.64. The molecule has 0 saturated carbocycles. The molecule has 1 atom stereocenters. The van der Waals surface area contributed by atoms with Gasteiger partial charge in [-0.15, -0.1) is 0 Å². The maximum Gasteiger partial charge on any atom is 0.410 e. The average Bonchev–Trinajstić information content (AvgIpc) is 2.46. The second-order valence-electron chi connectivity index (χ2n) is 6.64. The molecule has 1 aromatic rings. The van der Waals surface area contributed by atoms with Crippen LogP contribution in [0, 0.1) is 0 Å². The van der Waals surface area contributed by atoms with E-state index in [1.165, 1.54) is 17.3 Å². The third-order valence-corrected chi connectivity index (χ3v) is 5.08. The van der Waals surface area contributed by atoms with Crippen LogP contribution in [-0.4, -0.2) is 53.3 Å². The van der Waals surface area contributed by atoms with Gasteiger partial charge in [-0.3, -0.25) is 0 Å². The molecule has 1 fully saturated rings. The highest BCUT2D eigenvalue weighted by molar-refractivity contribution is 7.91. The van der Waals surface area contributed by atoms with Crippen LogP contribution in [0.4, 0.5) is 4.79 Å². The number of likely N-dealkylation sites (tertiary alicyclic amines) is 1. The SMILES string of the molecule is CC(C)(C)OC(=O)N1CCCC[C@@H]1CS(=O)(=O)c1ncccn1. The first-order chi connectivity index (χ1) is 10.7. The van der Waals surface area contributed by atoms with Crippen LogP contribution in [0.15, 0.2) is 23.6 Å². The normalized spacial score (nSPS) is 19.4. The Bertz CT molecular complexity index is 640. The van der Waals surface area contributed by atoms with E-state index in [1.54, 1.807) is 26.8 Å². The lowest BCUT2D eigenvalue weighted by molar-refractivity contribution is 0.0124. The fraction of sp³-hybridized carbons (Fsp3) is 0.667. The Kier molecular flexibility index (Phi) is 5.23. The fourth-order valence-electron chi connectivity index (χ4n) is 2.51. The highest BCUT2D eigenvalue weighted by atomic mass is 32.2. The number of amides is 1. The molecule has 0 spiro atoms. The standard InChI is InChI=1S/C15H23N3O4S/c1-15(2,3)22-14(19)18-10-5-4-7-12(18)11-23(20,21)13-16-8-6-9-17-13/h6,8-9,12H,4-5,7,10-11H2,1-3H3/t12-/m1/s1. The quantitative estimate of drug-likeness (QED) is 0.782. The van der Waals surface area contributed by atoms with E-state index in [4.69, 9.17) is 4.74 Å². The predicted octanol–water partition coefficient (Wildman–Crippen LogP) is 2.04. The molecule has 0 unspecified atom stereocenters. The molecular formula is C15H23N3O4S. The van der Waals surface area contributed by atoms with Gasteiger partial charge in [0.05, 0.1) is 5.75 Å². The first-order valence-corrected chi connectivity index (χ1v) is 9.34. The Morgan fingerprint density at radius 2 is 1.96 bits per heavy atom. The number of rotatable bonds is 3. The summed E-state index contributed by atoms with van der Waals surface area (Å²) in [5, 5.41) is -0.199. The summed E-state index contributed by atoms with van der Waals surface area (Å²) in [5.74, 6) is -0.184. The Labute approximate surface area is 137 Å². The third-order valence-electron chi connectivity index (χ3n) is 3.49. The molecule has 8 heteroatoms. The molecule has 1 saturated heterocycles. The number of nitrogens with zero attached hydrogens (tertiary/aromatic N) is 3. The van der Waals surface area contributed by atoms with Crippen LogP contribution in [0.1, 0.15) is 40.0 Å². The van der Waals surface area contributed by atoms with Gasteiger partial charge in [-0.1, -0.05) is 0 Å². The lowest BCUT2D eigenvalue weighted by Crippen LogP contribution is -2.49. The minimum Gasteiger partial charge on any atom is -0.444 e. The predicted molar refractivity (Wildman–Crippen MR) is 84.7 cm³/mol. The van der Waals surface area contributed by atoms with Gasteiger partial charge >= 0.3 is 6.09 Å². The van der Waals surface area contributed by atoms with Crippen molar-refractivity contribution in [1.29, 1.82) is 0 Å². The number of ether oxygens (including phenoxy) is 1. The molecular weight excluding hydrogens is 318 g/mol.